The maximum Gasteiger partial charge on any atom is 0.290 e. The van der Waals surface area contributed by atoms with Crippen LogP contribution >= 0.6 is 22.9 Å². The quantitative estimate of drug-likeness (QED) is 0.607. The van der Waals surface area contributed by atoms with Crippen molar-refractivity contribution < 1.29 is 9.90 Å². The second-order valence-electron chi connectivity index (χ2n) is 6.00. The number of imidazole rings is 2. The van der Waals surface area contributed by atoms with Crippen molar-refractivity contribution in [1.29, 1.82) is 0 Å². The van der Waals surface area contributed by atoms with Crippen molar-refractivity contribution in [2.45, 2.75) is 32.2 Å². The maximum atomic E-state index is 8.36. The monoisotopic (exact) mass is 408 g/mol. The van der Waals surface area contributed by atoms with Gasteiger partial charge in [-0.15, -0.1) is 0 Å². The standard InChI is InChI=1S/C16H19ClN6S.CH2O2/c17-14-13(24-16(21-14)23-8-1-2-9-23)15-20-7-11-22(15)10-3-4-12-18-5-6-19-12;2-1-3/h5-7,11H,1-4,8-10H2,(H,18,19);1H,(H,2,3). The summed E-state index contributed by atoms with van der Waals surface area (Å²) in [5, 5.41) is 8.46. The van der Waals surface area contributed by atoms with E-state index in [1.54, 1.807) is 17.5 Å². The van der Waals surface area contributed by atoms with Crippen molar-refractivity contribution in [3.8, 4) is 10.7 Å². The van der Waals surface area contributed by atoms with Crippen molar-refractivity contribution in [2.24, 2.45) is 0 Å². The SMILES string of the molecule is Clc1nc(N2CCCC2)sc1-c1nccn1CCCc1ncc[nH]1.O=CO. The maximum absolute atomic E-state index is 8.36. The second-order valence-corrected chi connectivity index (χ2v) is 7.34. The molecule has 8 nitrogen and oxygen atoms in total. The molecule has 1 saturated heterocycles. The van der Waals surface area contributed by atoms with Crippen LogP contribution in [-0.2, 0) is 17.8 Å². The first-order valence-electron chi connectivity index (χ1n) is 8.71. The number of aromatic nitrogens is 5. The molecule has 0 amide bonds. The molecule has 4 rings (SSSR count). The van der Waals surface area contributed by atoms with Crippen LogP contribution < -0.4 is 4.90 Å². The van der Waals surface area contributed by atoms with Crippen molar-refractivity contribution in [1.82, 2.24) is 24.5 Å². The van der Waals surface area contributed by atoms with Crippen LogP contribution in [0.1, 0.15) is 25.1 Å². The number of rotatable bonds is 6. The summed E-state index contributed by atoms with van der Waals surface area (Å²) < 4.78 is 2.15. The zero-order valence-electron chi connectivity index (χ0n) is 14.7. The molecular weight excluding hydrogens is 388 g/mol. The number of nitrogens with zero attached hydrogens (tertiary/aromatic N) is 5. The Morgan fingerprint density at radius 1 is 1.30 bits per heavy atom. The third kappa shape index (κ3) is 4.86. The molecule has 0 radical (unpaired) electrons. The summed E-state index contributed by atoms with van der Waals surface area (Å²) in [6.07, 6.45) is 11.8. The van der Waals surface area contributed by atoms with Crippen LogP contribution in [0.4, 0.5) is 5.13 Å². The lowest BCUT2D eigenvalue weighted by Crippen LogP contribution is -2.16. The molecule has 3 aromatic heterocycles. The molecule has 0 atom stereocenters. The minimum atomic E-state index is -0.250. The minimum Gasteiger partial charge on any atom is -0.483 e. The Hall–Kier alpha value is -2.39. The number of hydrogen-bond acceptors (Lipinski definition) is 6. The average molecular weight is 409 g/mol. The number of anilines is 1. The molecule has 0 spiro atoms. The number of carboxylic acid groups (broad SMARTS) is 1. The Labute approximate surface area is 165 Å². The molecule has 3 aromatic rings. The van der Waals surface area contributed by atoms with Crippen LogP contribution in [0, 0.1) is 0 Å². The van der Waals surface area contributed by atoms with E-state index in [4.69, 9.17) is 21.5 Å². The summed E-state index contributed by atoms with van der Waals surface area (Å²) in [7, 11) is 0. The van der Waals surface area contributed by atoms with Gasteiger partial charge in [0, 0.05) is 50.8 Å². The van der Waals surface area contributed by atoms with Gasteiger partial charge in [0.05, 0.1) is 0 Å². The predicted octanol–water partition coefficient (Wildman–Crippen LogP) is 3.32. The van der Waals surface area contributed by atoms with Gasteiger partial charge in [0.1, 0.15) is 10.7 Å². The molecule has 0 aliphatic carbocycles. The highest BCUT2D eigenvalue weighted by atomic mass is 35.5. The second kappa shape index (κ2) is 9.52. The molecule has 0 unspecified atom stereocenters. The van der Waals surface area contributed by atoms with E-state index in [9.17, 15) is 0 Å². The van der Waals surface area contributed by atoms with Crippen LogP contribution in [0.5, 0.6) is 0 Å². The molecule has 0 saturated carbocycles. The molecule has 1 fully saturated rings. The van der Waals surface area contributed by atoms with E-state index in [-0.39, 0.29) is 6.47 Å². The van der Waals surface area contributed by atoms with Gasteiger partial charge in [0.25, 0.3) is 6.47 Å². The average Bonchev–Trinajstić information content (AvgIpc) is 3.44. The lowest BCUT2D eigenvalue weighted by atomic mass is 10.3. The summed E-state index contributed by atoms with van der Waals surface area (Å²) in [4.78, 5) is 28.1. The topological polar surface area (TPSA) is 99.9 Å². The first kappa shape index (κ1) is 19.4. The molecule has 1 aliphatic heterocycles. The van der Waals surface area contributed by atoms with Crippen molar-refractivity contribution in [2.75, 3.05) is 18.0 Å². The number of thiazole rings is 1. The number of H-pyrrole nitrogens is 1. The Kier molecular flexibility index (Phi) is 6.83. The van der Waals surface area contributed by atoms with Gasteiger partial charge in [-0.1, -0.05) is 22.9 Å². The lowest BCUT2D eigenvalue weighted by molar-refractivity contribution is -0.122. The van der Waals surface area contributed by atoms with Crippen LogP contribution in [0.3, 0.4) is 0 Å². The summed E-state index contributed by atoms with van der Waals surface area (Å²) in [5.74, 6) is 1.92. The van der Waals surface area contributed by atoms with Gasteiger partial charge in [0.2, 0.25) is 0 Å². The zero-order valence-corrected chi connectivity index (χ0v) is 16.3. The largest absolute Gasteiger partial charge is 0.483 e. The first-order chi connectivity index (χ1) is 13.2. The number of aromatic amines is 1. The number of halogens is 1. The molecule has 144 valence electrons. The van der Waals surface area contributed by atoms with E-state index in [0.717, 1.165) is 54.1 Å². The van der Waals surface area contributed by atoms with Gasteiger partial charge in [-0.3, -0.25) is 4.79 Å². The Bertz CT molecular complexity index is 842. The van der Waals surface area contributed by atoms with E-state index in [0.29, 0.717) is 5.15 Å². The van der Waals surface area contributed by atoms with E-state index < -0.39 is 0 Å². The zero-order chi connectivity index (χ0) is 19.1. The molecule has 27 heavy (non-hydrogen) atoms. The summed E-state index contributed by atoms with van der Waals surface area (Å²) in [6.45, 7) is 2.77. The minimum absolute atomic E-state index is 0.250. The highest BCUT2D eigenvalue weighted by Gasteiger charge is 2.21. The van der Waals surface area contributed by atoms with Crippen molar-refractivity contribution in [3.05, 3.63) is 35.8 Å². The third-order valence-electron chi connectivity index (χ3n) is 4.24. The molecule has 10 heteroatoms. The van der Waals surface area contributed by atoms with Gasteiger partial charge >= 0.3 is 0 Å². The lowest BCUT2D eigenvalue weighted by Gasteiger charge is -2.12. The fraction of sp³-hybridized carbons (Fsp3) is 0.412. The highest BCUT2D eigenvalue weighted by molar-refractivity contribution is 7.19. The summed E-state index contributed by atoms with van der Waals surface area (Å²) in [6, 6.07) is 0. The van der Waals surface area contributed by atoms with Gasteiger partial charge < -0.3 is 19.6 Å². The fourth-order valence-electron chi connectivity index (χ4n) is 3.02. The fourth-order valence-corrected chi connectivity index (χ4v) is 4.38. The highest BCUT2D eigenvalue weighted by Crippen LogP contribution is 2.38. The third-order valence-corrected chi connectivity index (χ3v) is 5.73. The molecule has 1 aliphatic rings. The van der Waals surface area contributed by atoms with Crippen LogP contribution in [0.2, 0.25) is 5.15 Å². The first-order valence-corrected chi connectivity index (χ1v) is 9.91. The molecule has 0 bridgehead atoms. The normalized spacial score (nSPS) is 13.4. The van der Waals surface area contributed by atoms with Crippen molar-refractivity contribution >= 4 is 34.5 Å². The van der Waals surface area contributed by atoms with E-state index in [1.165, 1.54) is 12.8 Å². The Morgan fingerprint density at radius 3 is 2.78 bits per heavy atom. The molecule has 4 heterocycles. The molecular formula is C17H21ClN6O2S. The number of nitrogens with one attached hydrogen (secondary N) is 1. The predicted molar refractivity (Wildman–Crippen MR) is 105 cm³/mol. The molecule has 0 aromatic carbocycles. The van der Waals surface area contributed by atoms with E-state index in [2.05, 4.69) is 29.4 Å². The Balaban J connectivity index is 0.000000659. The van der Waals surface area contributed by atoms with E-state index >= 15 is 0 Å². The van der Waals surface area contributed by atoms with Crippen LogP contribution in [-0.4, -0.2) is 49.2 Å². The van der Waals surface area contributed by atoms with Gasteiger partial charge in [-0.25, -0.2) is 15.0 Å². The van der Waals surface area contributed by atoms with Gasteiger partial charge in [-0.05, 0) is 19.3 Å². The number of hydrogen-bond donors (Lipinski definition) is 2. The van der Waals surface area contributed by atoms with Crippen LogP contribution in [0.25, 0.3) is 10.7 Å². The summed E-state index contributed by atoms with van der Waals surface area (Å²) >= 11 is 8.05. The molecule has 2 N–H and O–H groups in total. The van der Waals surface area contributed by atoms with Gasteiger partial charge in [-0.2, -0.15) is 0 Å². The van der Waals surface area contributed by atoms with Crippen molar-refractivity contribution in [3.63, 3.8) is 0 Å². The van der Waals surface area contributed by atoms with Crippen LogP contribution in [0.15, 0.2) is 24.8 Å². The summed E-state index contributed by atoms with van der Waals surface area (Å²) in [5.41, 5.74) is 0. The number of carbonyl (C=O) groups is 1. The smallest absolute Gasteiger partial charge is 0.290 e. The van der Waals surface area contributed by atoms with E-state index in [1.807, 2.05) is 18.6 Å². The Morgan fingerprint density at radius 2 is 2.07 bits per heavy atom. The van der Waals surface area contributed by atoms with Gasteiger partial charge in [0.15, 0.2) is 16.1 Å². The number of aryl methyl sites for hydroxylation is 2.